The third-order valence-electron chi connectivity index (χ3n) is 4.49. The topological polar surface area (TPSA) is 83.1 Å². The second-order valence-corrected chi connectivity index (χ2v) is 6.33. The van der Waals surface area contributed by atoms with Crippen LogP contribution in [0.1, 0.15) is 38.5 Å². The van der Waals surface area contributed by atoms with Crippen molar-refractivity contribution in [1.29, 1.82) is 0 Å². The van der Waals surface area contributed by atoms with Crippen molar-refractivity contribution in [3.05, 3.63) is 12.1 Å². The summed E-state index contributed by atoms with van der Waals surface area (Å²) < 4.78 is 20.8. The molecule has 1 aromatic carbocycles. The maximum absolute atomic E-state index is 12.1. The molecule has 0 atom stereocenters. The summed E-state index contributed by atoms with van der Waals surface area (Å²) in [5.41, 5.74) is 0.466. The first-order chi connectivity index (χ1) is 12.6. The van der Waals surface area contributed by atoms with Gasteiger partial charge in [0.15, 0.2) is 18.1 Å². The highest BCUT2D eigenvalue weighted by atomic mass is 16.5. The van der Waals surface area contributed by atoms with Crippen molar-refractivity contribution in [2.45, 2.75) is 38.5 Å². The first kappa shape index (κ1) is 19.9. The Bertz CT molecular complexity index is 599. The van der Waals surface area contributed by atoms with Crippen LogP contribution >= 0.6 is 0 Å². The van der Waals surface area contributed by atoms with Crippen molar-refractivity contribution in [3.63, 3.8) is 0 Å². The standard InChI is InChI=1S/C19H27NO6/c1-23-15-10-14(11-16(24-2)19(15)25-3)20-17(21)12-26-18(22)9-13-7-5-4-6-8-13/h10-11,13H,4-9,12H2,1-3H3,(H,20,21). The number of benzene rings is 1. The van der Waals surface area contributed by atoms with Gasteiger partial charge in [0.1, 0.15) is 0 Å². The van der Waals surface area contributed by atoms with Crippen LogP contribution in [0.25, 0.3) is 0 Å². The fourth-order valence-corrected chi connectivity index (χ4v) is 3.18. The number of carbonyl (C=O) groups excluding carboxylic acids is 2. The van der Waals surface area contributed by atoms with Crippen molar-refractivity contribution < 1.29 is 28.5 Å². The Balaban J connectivity index is 1.87. The molecule has 0 saturated heterocycles. The number of hydrogen-bond donors (Lipinski definition) is 1. The molecule has 1 saturated carbocycles. The molecule has 0 aromatic heterocycles. The Morgan fingerprint density at radius 2 is 1.62 bits per heavy atom. The third-order valence-corrected chi connectivity index (χ3v) is 4.49. The molecule has 7 nitrogen and oxygen atoms in total. The minimum atomic E-state index is -0.420. The van der Waals surface area contributed by atoms with Gasteiger partial charge in [0.25, 0.3) is 5.91 Å². The van der Waals surface area contributed by atoms with Crippen molar-refractivity contribution >= 4 is 17.6 Å². The molecular weight excluding hydrogens is 338 g/mol. The lowest BCUT2D eigenvalue weighted by molar-refractivity contribution is -0.148. The van der Waals surface area contributed by atoms with Gasteiger partial charge in [-0.25, -0.2) is 0 Å². The molecule has 0 heterocycles. The zero-order valence-electron chi connectivity index (χ0n) is 15.6. The van der Waals surface area contributed by atoms with E-state index in [4.69, 9.17) is 18.9 Å². The minimum absolute atomic E-state index is 0.317. The number of amides is 1. The summed E-state index contributed by atoms with van der Waals surface area (Å²) in [6, 6.07) is 3.23. The van der Waals surface area contributed by atoms with Gasteiger partial charge in [0.05, 0.1) is 21.3 Å². The normalized spacial score (nSPS) is 14.4. The van der Waals surface area contributed by atoms with Crippen LogP contribution in [0.2, 0.25) is 0 Å². The smallest absolute Gasteiger partial charge is 0.306 e. The van der Waals surface area contributed by atoms with Gasteiger partial charge in [-0.05, 0) is 18.8 Å². The molecule has 1 fully saturated rings. The Morgan fingerprint density at radius 3 is 2.15 bits per heavy atom. The molecule has 1 aliphatic carbocycles. The highest BCUT2D eigenvalue weighted by Gasteiger charge is 2.19. The van der Waals surface area contributed by atoms with Gasteiger partial charge in [0.2, 0.25) is 5.75 Å². The van der Waals surface area contributed by atoms with E-state index in [9.17, 15) is 9.59 Å². The first-order valence-corrected chi connectivity index (χ1v) is 8.82. The maximum Gasteiger partial charge on any atom is 0.306 e. The number of rotatable bonds is 8. The Hall–Kier alpha value is -2.44. The summed E-state index contributed by atoms with van der Waals surface area (Å²) in [5.74, 6) is 0.933. The molecule has 1 aliphatic rings. The van der Waals surface area contributed by atoms with Gasteiger partial charge >= 0.3 is 5.97 Å². The molecule has 0 spiro atoms. The SMILES string of the molecule is COc1cc(NC(=O)COC(=O)CC2CCCCC2)cc(OC)c1OC. The van der Waals surface area contributed by atoms with E-state index in [1.54, 1.807) is 12.1 Å². The average Bonchev–Trinajstić information content (AvgIpc) is 2.66. The molecule has 0 aliphatic heterocycles. The Morgan fingerprint density at radius 1 is 1.00 bits per heavy atom. The summed E-state index contributed by atoms with van der Waals surface area (Å²) in [6.45, 7) is -0.317. The van der Waals surface area contributed by atoms with Gasteiger partial charge in [-0.3, -0.25) is 9.59 Å². The fraction of sp³-hybridized carbons (Fsp3) is 0.579. The number of hydrogen-bond acceptors (Lipinski definition) is 6. The van der Waals surface area contributed by atoms with E-state index in [0.717, 1.165) is 12.8 Å². The van der Waals surface area contributed by atoms with Crippen LogP contribution in [0.15, 0.2) is 12.1 Å². The lowest BCUT2D eigenvalue weighted by Gasteiger charge is -2.20. The van der Waals surface area contributed by atoms with E-state index in [1.165, 1.54) is 40.6 Å². The molecule has 26 heavy (non-hydrogen) atoms. The fourth-order valence-electron chi connectivity index (χ4n) is 3.18. The Kier molecular flexibility index (Phi) is 7.56. The van der Waals surface area contributed by atoms with Crippen molar-refractivity contribution in [1.82, 2.24) is 0 Å². The van der Waals surface area contributed by atoms with Crippen molar-refractivity contribution in [2.75, 3.05) is 33.3 Å². The zero-order chi connectivity index (χ0) is 18.9. The van der Waals surface area contributed by atoms with Crippen LogP contribution in [0.3, 0.4) is 0 Å². The third kappa shape index (κ3) is 5.54. The molecule has 7 heteroatoms. The van der Waals surface area contributed by atoms with Gasteiger partial charge in [-0.2, -0.15) is 0 Å². The molecule has 0 radical (unpaired) electrons. The van der Waals surface area contributed by atoms with Crippen LogP contribution in [0.4, 0.5) is 5.69 Å². The number of ether oxygens (including phenoxy) is 4. The second-order valence-electron chi connectivity index (χ2n) is 6.33. The predicted molar refractivity (Wildman–Crippen MR) is 96.9 cm³/mol. The minimum Gasteiger partial charge on any atom is -0.493 e. The van der Waals surface area contributed by atoms with Crippen molar-refractivity contribution in [2.24, 2.45) is 5.92 Å². The highest BCUT2D eigenvalue weighted by molar-refractivity contribution is 5.93. The van der Waals surface area contributed by atoms with Gasteiger partial charge in [0, 0.05) is 24.2 Å². The van der Waals surface area contributed by atoms with E-state index < -0.39 is 5.91 Å². The number of carbonyl (C=O) groups is 2. The summed E-state index contributed by atoms with van der Waals surface area (Å²) in [5, 5.41) is 2.67. The summed E-state index contributed by atoms with van der Waals surface area (Å²) in [7, 11) is 4.50. The lowest BCUT2D eigenvalue weighted by atomic mass is 9.87. The summed E-state index contributed by atoms with van der Waals surface area (Å²) >= 11 is 0. The van der Waals surface area contributed by atoms with Crippen LogP contribution in [0.5, 0.6) is 17.2 Å². The number of esters is 1. The van der Waals surface area contributed by atoms with Crippen LogP contribution in [-0.4, -0.2) is 39.8 Å². The largest absolute Gasteiger partial charge is 0.493 e. The van der Waals surface area contributed by atoms with E-state index in [-0.39, 0.29) is 12.6 Å². The Labute approximate surface area is 153 Å². The monoisotopic (exact) mass is 365 g/mol. The van der Waals surface area contributed by atoms with Crippen LogP contribution in [-0.2, 0) is 14.3 Å². The summed E-state index contributed by atoms with van der Waals surface area (Å²) in [4.78, 5) is 24.0. The number of methoxy groups -OCH3 is 3. The maximum atomic E-state index is 12.1. The van der Waals surface area contributed by atoms with E-state index in [0.29, 0.717) is 35.3 Å². The molecule has 144 valence electrons. The quantitative estimate of drug-likeness (QED) is 0.713. The average molecular weight is 365 g/mol. The molecule has 0 unspecified atom stereocenters. The van der Waals surface area contributed by atoms with E-state index >= 15 is 0 Å². The molecule has 1 amide bonds. The molecule has 2 rings (SSSR count). The molecule has 1 N–H and O–H groups in total. The highest BCUT2D eigenvalue weighted by Crippen LogP contribution is 2.39. The number of nitrogens with one attached hydrogen (secondary N) is 1. The molecule has 0 bridgehead atoms. The van der Waals surface area contributed by atoms with Crippen LogP contribution < -0.4 is 19.5 Å². The molecular formula is C19H27NO6. The van der Waals surface area contributed by atoms with Gasteiger partial charge < -0.3 is 24.3 Å². The molecule has 1 aromatic rings. The van der Waals surface area contributed by atoms with Gasteiger partial charge in [-0.1, -0.05) is 19.3 Å². The van der Waals surface area contributed by atoms with Gasteiger partial charge in [-0.15, -0.1) is 0 Å². The second kappa shape index (κ2) is 9.89. The summed E-state index contributed by atoms with van der Waals surface area (Å²) in [6.07, 6.45) is 6.08. The zero-order valence-corrected chi connectivity index (χ0v) is 15.6. The van der Waals surface area contributed by atoms with Crippen molar-refractivity contribution in [3.8, 4) is 17.2 Å². The number of anilines is 1. The van der Waals surface area contributed by atoms with E-state index in [2.05, 4.69) is 5.32 Å². The van der Waals surface area contributed by atoms with E-state index in [1.807, 2.05) is 0 Å². The first-order valence-electron chi connectivity index (χ1n) is 8.82. The predicted octanol–water partition coefficient (Wildman–Crippen LogP) is 3.16. The lowest BCUT2D eigenvalue weighted by Crippen LogP contribution is -2.22. The van der Waals surface area contributed by atoms with Crippen LogP contribution in [0, 0.1) is 5.92 Å².